The largest absolute Gasteiger partial charge is 0.494 e. The van der Waals surface area contributed by atoms with Crippen LogP contribution in [0.25, 0.3) is 50.1 Å². The minimum absolute atomic E-state index is 0.0353. The Kier molecular flexibility index (Phi) is 44.3. The molecule has 0 aliphatic carbocycles. The van der Waals surface area contributed by atoms with E-state index in [1.807, 2.05) is 128 Å². The molecule has 0 saturated heterocycles. The molecule has 6 aromatic carbocycles. The number of esters is 6. The van der Waals surface area contributed by atoms with Crippen molar-refractivity contribution in [3.8, 4) is 67.9 Å². The summed E-state index contributed by atoms with van der Waals surface area (Å²) in [5.41, 5.74) is 11.9. The van der Waals surface area contributed by atoms with E-state index in [1.165, 1.54) is 38.5 Å². The Morgan fingerprint density at radius 1 is 0.270 bits per heavy atom. The second kappa shape index (κ2) is 56.9. The summed E-state index contributed by atoms with van der Waals surface area (Å²) in [5.74, 6) is 0.545. The summed E-state index contributed by atoms with van der Waals surface area (Å²) in [7, 11) is 0. The number of carbonyl (C=O) groups is 6. The van der Waals surface area contributed by atoms with Crippen LogP contribution in [0.4, 0.5) is 0 Å². The topological polar surface area (TPSA) is 224 Å². The highest BCUT2D eigenvalue weighted by atomic mass is 16.7. The molecule has 3 heterocycles. The summed E-state index contributed by atoms with van der Waals surface area (Å²) in [6, 6.07) is 56.5. The highest BCUT2D eigenvalue weighted by Gasteiger charge is 2.22. The maximum atomic E-state index is 13.2. The quantitative estimate of drug-likeness (QED) is 0.0114. The predicted octanol–water partition coefficient (Wildman–Crippen LogP) is 26.2. The molecular weight excluding hydrogens is 1580 g/mol. The highest BCUT2D eigenvalue weighted by Crippen LogP contribution is 2.31. The van der Waals surface area contributed by atoms with E-state index >= 15 is 0 Å². The minimum atomic E-state index is -1.17. The highest BCUT2D eigenvalue weighted by molar-refractivity contribution is 6.17. The van der Waals surface area contributed by atoms with Gasteiger partial charge in [-0.25, -0.2) is 14.4 Å². The normalized spacial score (nSPS) is 11.0. The van der Waals surface area contributed by atoms with Gasteiger partial charge in [0.15, 0.2) is 0 Å². The van der Waals surface area contributed by atoms with Gasteiger partial charge >= 0.3 is 35.8 Å². The Balaban J connectivity index is 0.611. The minimum Gasteiger partial charge on any atom is -0.494 e. The van der Waals surface area contributed by atoms with Crippen LogP contribution in [0.3, 0.4) is 0 Å². The first-order chi connectivity index (χ1) is 61.6. The third-order valence-corrected chi connectivity index (χ3v) is 22.2. The van der Waals surface area contributed by atoms with E-state index in [4.69, 9.17) is 42.6 Å². The van der Waals surface area contributed by atoms with Crippen molar-refractivity contribution in [2.75, 3.05) is 26.4 Å². The average molecular weight is 1710 g/mol. The Labute approximate surface area is 747 Å². The fourth-order valence-corrected chi connectivity index (χ4v) is 14.4. The van der Waals surface area contributed by atoms with Gasteiger partial charge in [0, 0.05) is 71.6 Å². The monoisotopic (exact) mass is 1710 g/mol. The number of pyridine rings is 3. The first kappa shape index (κ1) is 98.0. The van der Waals surface area contributed by atoms with E-state index in [9.17, 15) is 28.8 Å². The molecule has 3 aromatic heterocycles. The zero-order valence-corrected chi connectivity index (χ0v) is 74.7. The van der Waals surface area contributed by atoms with Crippen LogP contribution in [-0.2, 0) is 62.2 Å². The Morgan fingerprint density at radius 3 is 0.794 bits per heavy atom. The zero-order chi connectivity index (χ0) is 89.0. The van der Waals surface area contributed by atoms with Gasteiger partial charge in [0.1, 0.15) is 34.5 Å². The van der Waals surface area contributed by atoms with Gasteiger partial charge in [0.25, 0.3) is 6.29 Å². The van der Waals surface area contributed by atoms with Crippen molar-refractivity contribution in [3.63, 3.8) is 0 Å². The molecule has 9 aromatic rings. The van der Waals surface area contributed by atoms with Crippen molar-refractivity contribution in [1.82, 2.24) is 15.0 Å². The molecule has 9 rings (SSSR count). The molecular formula is C108H131N3O15. The molecule has 0 bridgehead atoms. The van der Waals surface area contributed by atoms with E-state index in [0.29, 0.717) is 90.3 Å². The van der Waals surface area contributed by atoms with Crippen LogP contribution in [0, 0.1) is 0 Å². The maximum Gasteiger partial charge on any atom is 0.343 e. The Hall–Kier alpha value is -11.8. The van der Waals surface area contributed by atoms with E-state index < -0.39 is 36.1 Å². The molecule has 0 N–H and O–H groups in total. The Morgan fingerprint density at radius 2 is 0.524 bits per heavy atom. The van der Waals surface area contributed by atoms with Crippen LogP contribution in [-0.4, -0.2) is 83.5 Å². The van der Waals surface area contributed by atoms with Gasteiger partial charge in [-0.2, -0.15) is 0 Å². The summed E-state index contributed by atoms with van der Waals surface area (Å²) in [5, 5.41) is 0. The van der Waals surface area contributed by atoms with Crippen molar-refractivity contribution in [3.05, 3.63) is 254 Å². The lowest BCUT2D eigenvalue weighted by atomic mass is 10.1. The second-order valence-corrected chi connectivity index (χ2v) is 32.4. The first-order valence-corrected chi connectivity index (χ1v) is 46.2. The first-order valence-electron chi connectivity index (χ1n) is 46.2. The van der Waals surface area contributed by atoms with Crippen molar-refractivity contribution in [2.24, 2.45) is 0 Å². The van der Waals surface area contributed by atoms with Gasteiger partial charge < -0.3 is 42.6 Å². The zero-order valence-electron chi connectivity index (χ0n) is 74.7. The molecule has 126 heavy (non-hydrogen) atoms. The fraction of sp³-hybridized carbons (Fsp3) is 0.417. The number of rotatable bonds is 62. The van der Waals surface area contributed by atoms with Gasteiger partial charge in [-0.05, 0) is 201 Å². The van der Waals surface area contributed by atoms with E-state index in [1.54, 1.807) is 36.4 Å². The number of unbranched alkanes of at least 4 members (excludes halogenated alkanes) is 24. The smallest absolute Gasteiger partial charge is 0.343 e. The standard InChI is InChI=1S/C108H131N3O15/c1-7-10-28-37-93-58-43-90(78-109-93)87-52-67-99(68-53-87)122-106(115)81(4)84-46-61-96(62-47-84)118-74-34-25-19-13-16-22-31-40-102(112)121-77-73-105(125-103(113)41-32-23-17-14-20-26-35-75-119-97-63-48-85(49-64-97)82(5)107(116)123-100-69-54-88(55-70-100)91-44-59-94(110-79-91)38-29-11-8-2)126-104(114)42-33-24-18-15-21-27-36-76-120-98-65-50-86(51-66-98)83(6)108(117)124-101-71-56-89(57-72-101)92-45-60-95(111-80-92)39-30-12-9-3/h43-72,78-80,105H,4-42,73-77H2,1-3H3. The van der Waals surface area contributed by atoms with E-state index in [-0.39, 0.29) is 55.0 Å². The molecule has 0 saturated carbocycles. The number of nitrogens with zero attached hydrogens (tertiary/aromatic N) is 3. The number of benzene rings is 6. The molecule has 18 nitrogen and oxygen atoms in total. The third-order valence-electron chi connectivity index (χ3n) is 22.2. The predicted molar refractivity (Wildman–Crippen MR) is 501 cm³/mol. The van der Waals surface area contributed by atoms with Crippen LogP contribution in [0.15, 0.2) is 220 Å². The van der Waals surface area contributed by atoms with Crippen LogP contribution in [0.2, 0.25) is 0 Å². The van der Waals surface area contributed by atoms with Gasteiger partial charge in [-0.3, -0.25) is 29.3 Å². The van der Waals surface area contributed by atoms with Gasteiger partial charge in [-0.1, -0.05) is 266 Å². The van der Waals surface area contributed by atoms with E-state index in [0.717, 1.165) is 205 Å². The number of hydrogen-bond acceptors (Lipinski definition) is 18. The van der Waals surface area contributed by atoms with Crippen LogP contribution >= 0.6 is 0 Å². The van der Waals surface area contributed by atoms with Gasteiger partial charge in [0.2, 0.25) is 0 Å². The molecule has 668 valence electrons. The third kappa shape index (κ3) is 36.8. The second-order valence-electron chi connectivity index (χ2n) is 32.4. The number of ether oxygens (including phenoxy) is 9. The number of carbonyl (C=O) groups excluding carboxylic acids is 6. The molecule has 0 radical (unpaired) electrons. The fourth-order valence-electron chi connectivity index (χ4n) is 14.4. The Bertz CT molecular complexity index is 4540. The molecule has 0 amide bonds. The molecule has 0 fully saturated rings. The summed E-state index contributed by atoms with van der Waals surface area (Å²) < 4.78 is 52.1. The van der Waals surface area contributed by atoms with Crippen molar-refractivity contribution in [1.29, 1.82) is 0 Å². The van der Waals surface area contributed by atoms with Gasteiger partial charge in [0.05, 0.1) is 49.6 Å². The molecule has 0 unspecified atom stereocenters. The molecule has 0 aliphatic rings. The maximum absolute atomic E-state index is 13.2. The van der Waals surface area contributed by atoms with Crippen LogP contribution in [0.5, 0.6) is 34.5 Å². The molecule has 18 heteroatoms. The van der Waals surface area contributed by atoms with Crippen molar-refractivity contribution >= 4 is 52.5 Å². The molecule has 0 aliphatic heterocycles. The number of hydrogen-bond donors (Lipinski definition) is 0. The lowest BCUT2D eigenvalue weighted by Gasteiger charge is -2.18. The van der Waals surface area contributed by atoms with Crippen molar-refractivity contribution in [2.45, 2.75) is 265 Å². The number of aryl methyl sites for hydroxylation is 3. The number of aromatic nitrogens is 3. The van der Waals surface area contributed by atoms with E-state index in [2.05, 4.69) is 91.9 Å². The summed E-state index contributed by atoms with van der Waals surface area (Å²) in [6.07, 6.45) is 37.7. The lowest BCUT2D eigenvalue weighted by molar-refractivity contribution is -0.191. The van der Waals surface area contributed by atoms with Crippen LogP contribution < -0.4 is 28.4 Å². The lowest BCUT2D eigenvalue weighted by Crippen LogP contribution is -2.26. The summed E-state index contributed by atoms with van der Waals surface area (Å²) in [4.78, 5) is 92.4. The van der Waals surface area contributed by atoms with Crippen LogP contribution in [0.1, 0.15) is 273 Å². The van der Waals surface area contributed by atoms with Gasteiger partial charge in [-0.15, -0.1) is 0 Å². The average Bonchev–Trinajstić information content (AvgIpc) is 0.846. The SMILES string of the molecule is C=C(C(=O)Oc1ccc(-c2ccc(CCCCC)nc2)cc1)c1ccc(OCCCCCCCCCC(=O)OCCC(OC(=O)CCCCCCCCCOc2ccc(C(=C)C(=O)Oc3ccc(-c4ccc(CCCCC)nc4)cc3)cc2)OC(=O)CCCCCCCCCOc2ccc(C(=C)C(=O)Oc3ccc(-c4ccc(CCCCC)nc4)cc3)cc2)cc1. The molecule has 0 spiro atoms. The van der Waals surface area contributed by atoms with Crippen molar-refractivity contribution < 1.29 is 71.4 Å². The molecule has 0 atom stereocenters. The summed E-state index contributed by atoms with van der Waals surface area (Å²) in [6.45, 7) is 20.2. The summed E-state index contributed by atoms with van der Waals surface area (Å²) >= 11 is 0.